The van der Waals surface area contributed by atoms with Crippen molar-refractivity contribution in [2.45, 2.75) is 26.3 Å². The van der Waals surface area contributed by atoms with Crippen LogP contribution in [-0.4, -0.2) is 22.7 Å². The summed E-state index contributed by atoms with van der Waals surface area (Å²) in [6, 6.07) is 4.05. The summed E-state index contributed by atoms with van der Waals surface area (Å²) in [6.07, 6.45) is 1.99. The highest BCUT2D eigenvalue weighted by atomic mass is 32.1. The van der Waals surface area contributed by atoms with Crippen LogP contribution in [0.5, 0.6) is 5.75 Å². The van der Waals surface area contributed by atoms with Gasteiger partial charge in [0.2, 0.25) is 0 Å². The molecule has 0 aliphatic rings. The molecule has 2 heterocycles. The number of thiophene rings is 1. The fourth-order valence-corrected chi connectivity index (χ4v) is 2.51. The molecule has 96 valence electrons. The molecule has 2 aromatic rings. The molecular weight excluding hydrogens is 248 g/mol. The quantitative estimate of drug-likeness (QED) is 0.780. The first kappa shape index (κ1) is 12.8. The summed E-state index contributed by atoms with van der Waals surface area (Å²) in [5, 5.41) is 6.18. The van der Waals surface area contributed by atoms with Gasteiger partial charge in [-0.3, -0.25) is 9.48 Å². The van der Waals surface area contributed by atoms with Gasteiger partial charge >= 0.3 is 0 Å². The lowest BCUT2D eigenvalue weighted by Gasteiger charge is -2.10. The maximum absolute atomic E-state index is 12.3. The molecule has 0 radical (unpaired) electrons. The highest BCUT2D eigenvalue weighted by Crippen LogP contribution is 2.23. The molecule has 0 N–H and O–H groups in total. The molecular formula is C13H16N2O2S. The van der Waals surface area contributed by atoms with Gasteiger partial charge in [0.15, 0.2) is 11.5 Å². The zero-order valence-corrected chi connectivity index (χ0v) is 11.5. The van der Waals surface area contributed by atoms with E-state index in [9.17, 15) is 4.79 Å². The average molecular weight is 264 g/mol. The molecule has 2 rings (SSSR count). The van der Waals surface area contributed by atoms with Gasteiger partial charge in [0.1, 0.15) is 5.69 Å². The van der Waals surface area contributed by atoms with Gasteiger partial charge in [0.25, 0.3) is 0 Å². The smallest absolute Gasteiger partial charge is 0.189 e. The third kappa shape index (κ3) is 2.46. The summed E-state index contributed by atoms with van der Waals surface area (Å²) in [4.78, 5) is 13.4. The van der Waals surface area contributed by atoms with Crippen LogP contribution in [0.3, 0.4) is 0 Å². The number of nitrogens with zero attached hydrogens (tertiary/aromatic N) is 2. The SMILES string of the molecule is COc1cnn(C(C)C)c1C(=O)Cc1cccs1. The average Bonchev–Trinajstić information content (AvgIpc) is 2.95. The van der Waals surface area contributed by atoms with Gasteiger partial charge in [-0.25, -0.2) is 0 Å². The highest BCUT2D eigenvalue weighted by molar-refractivity contribution is 7.10. The van der Waals surface area contributed by atoms with Crippen LogP contribution in [0.15, 0.2) is 23.7 Å². The van der Waals surface area contributed by atoms with E-state index < -0.39 is 0 Å². The normalized spacial score (nSPS) is 10.9. The van der Waals surface area contributed by atoms with E-state index in [1.807, 2.05) is 31.4 Å². The van der Waals surface area contributed by atoms with Gasteiger partial charge in [0, 0.05) is 17.3 Å². The molecule has 0 fully saturated rings. The van der Waals surface area contributed by atoms with Gasteiger partial charge in [-0.1, -0.05) is 6.07 Å². The van der Waals surface area contributed by atoms with E-state index in [4.69, 9.17) is 4.74 Å². The Labute approximate surface area is 110 Å². The molecule has 18 heavy (non-hydrogen) atoms. The second kappa shape index (κ2) is 5.35. The Bertz CT molecular complexity index is 529. The molecule has 0 atom stereocenters. The van der Waals surface area contributed by atoms with E-state index in [1.54, 1.807) is 29.3 Å². The minimum Gasteiger partial charge on any atom is -0.493 e. The maximum atomic E-state index is 12.3. The maximum Gasteiger partial charge on any atom is 0.189 e. The van der Waals surface area contributed by atoms with Crippen LogP contribution in [0, 0.1) is 0 Å². The Kier molecular flexibility index (Phi) is 3.81. The lowest BCUT2D eigenvalue weighted by Crippen LogP contribution is -2.14. The summed E-state index contributed by atoms with van der Waals surface area (Å²) in [5.74, 6) is 0.589. The summed E-state index contributed by atoms with van der Waals surface area (Å²) in [6.45, 7) is 3.99. The van der Waals surface area contributed by atoms with Crippen LogP contribution in [0.2, 0.25) is 0 Å². The summed E-state index contributed by atoms with van der Waals surface area (Å²) in [7, 11) is 1.56. The Morgan fingerprint density at radius 1 is 1.56 bits per heavy atom. The van der Waals surface area contributed by atoms with Crippen molar-refractivity contribution < 1.29 is 9.53 Å². The summed E-state index contributed by atoms with van der Waals surface area (Å²) in [5.41, 5.74) is 0.556. The zero-order valence-electron chi connectivity index (χ0n) is 10.7. The number of aromatic nitrogens is 2. The van der Waals surface area contributed by atoms with Crippen LogP contribution in [0.25, 0.3) is 0 Å². The van der Waals surface area contributed by atoms with Crippen LogP contribution >= 0.6 is 11.3 Å². The van der Waals surface area contributed by atoms with E-state index in [1.165, 1.54) is 0 Å². The number of ketones is 1. The van der Waals surface area contributed by atoms with Crippen molar-refractivity contribution in [2.75, 3.05) is 7.11 Å². The number of carbonyl (C=O) groups excluding carboxylic acids is 1. The molecule has 0 unspecified atom stereocenters. The van der Waals surface area contributed by atoms with Crippen LogP contribution in [-0.2, 0) is 6.42 Å². The fourth-order valence-electron chi connectivity index (χ4n) is 1.81. The Balaban J connectivity index is 2.31. The molecule has 0 aromatic carbocycles. The Morgan fingerprint density at radius 2 is 2.33 bits per heavy atom. The molecule has 0 bridgehead atoms. The van der Waals surface area contributed by atoms with Gasteiger partial charge in [-0.2, -0.15) is 5.10 Å². The molecule has 0 spiro atoms. The predicted octanol–water partition coefficient (Wildman–Crippen LogP) is 2.96. The largest absolute Gasteiger partial charge is 0.493 e. The molecule has 5 heteroatoms. The third-order valence-electron chi connectivity index (χ3n) is 2.65. The minimum absolute atomic E-state index is 0.0421. The fraction of sp³-hybridized carbons (Fsp3) is 0.385. The first-order chi connectivity index (χ1) is 8.63. The Morgan fingerprint density at radius 3 is 2.89 bits per heavy atom. The number of ether oxygens (including phenoxy) is 1. The highest BCUT2D eigenvalue weighted by Gasteiger charge is 2.21. The summed E-state index contributed by atoms with van der Waals surface area (Å²) < 4.78 is 6.93. The lowest BCUT2D eigenvalue weighted by atomic mass is 10.1. The number of hydrogen-bond donors (Lipinski definition) is 0. The number of hydrogen-bond acceptors (Lipinski definition) is 4. The van der Waals surface area contributed by atoms with E-state index >= 15 is 0 Å². The zero-order chi connectivity index (χ0) is 13.1. The first-order valence-electron chi connectivity index (χ1n) is 5.80. The lowest BCUT2D eigenvalue weighted by molar-refractivity contribution is 0.0978. The third-order valence-corrected chi connectivity index (χ3v) is 3.53. The molecule has 0 aliphatic carbocycles. The van der Waals surface area contributed by atoms with Gasteiger partial charge in [-0.15, -0.1) is 11.3 Å². The van der Waals surface area contributed by atoms with E-state index in [2.05, 4.69) is 5.10 Å². The molecule has 0 aliphatic heterocycles. The number of carbonyl (C=O) groups is 1. The van der Waals surface area contributed by atoms with E-state index in [-0.39, 0.29) is 11.8 Å². The van der Waals surface area contributed by atoms with Crippen LogP contribution in [0.4, 0.5) is 0 Å². The van der Waals surface area contributed by atoms with Crippen molar-refractivity contribution in [3.05, 3.63) is 34.3 Å². The van der Waals surface area contributed by atoms with Crippen molar-refractivity contribution in [2.24, 2.45) is 0 Å². The molecule has 0 saturated heterocycles. The second-order valence-corrected chi connectivity index (χ2v) is 5.31. The van der Waals surface area contributed by atoms with Crippen molar-refractivity contribution >= 4 is 17.1 Å². The van der Waals surface area contributed by atoms with Crippen LogP contribution < -0.4 is 4.74 Å². The standard InChI is InChI=1S/C13H16N2O2S/c1-9(2)15-13(12(17-3)8-14-15)11(16)7-10-5-4-6-18-10/h4-6,8-9H,7H2,1-3H3. The van der Waals surface area contributed by atoms with Gasteiger partial charge in [-0.05, 0) is 25.3 Å². The van der Waals surface area contributed by atoms with Crippen molar-refractivity contribution in [3.63, 3.8) is 0 Å². The Hall–Kier alpha value is -1.62. The molecule has 2 aromatic heterocycles. The first-order valence-corrected chi connectivity index (χ1v) is 6.68. The number of methoxy groups -OCH3 is 1. The van der Waals surface area contributed by atoms with Crippen molar-refractivity contribution in [1.29, 1.82) is 0 Å². The monoisotopic (exact) mass is 264 g/mol. The minimum atomic E-state index is 0.0421. The predicted molar refractivity (Wildman–Crippen MR) is 71.5 cm³/mol. The molecule has 0 saturated carbocycles. The van der Waals surface area contributed by atoms with Crippen molar-refractivity contribution in [3.8, 4) is 5.75 Å². The number of rotatable bonds is 5. The van der Waals surface area contributed by atoms with E-state index in [0.29, 0.717) is 17.9 Å². The topological polar surface area (TPSA) is 44.1 Å². The van der Waals surface area contributed by atoms with Crippen LogP contribution in [0.1, 0.15) is 35.3 Å². The van der Waals surface area contributed by atoms with Crippen molar-refractivity contribution in [1.82, 2.24) is 9.78 Å². The summed E-state index contributed by atoms with van der Waals surface area (Å²) >= 11 is 1.58. The van der Waals surface area contributed by atoms with E-state index in [0.717, 1.165) is 4.88 Å². The number of Topliss-reactive ketones (excluding diaryl/α,β-unsaturated/α-hetero) is 1. The molecule has 0 amide bonds. The van der Waals surface area contributed by atoms with Gasteiger partial charge in [0.05, 0.1) is 13.3 Å². The second-order valence-electron chi connectivity index (χ2n) is 4.28. The molecule has 4 nitrogen and oxygen atoms in total. The van der Waals surface area contributed by atoms with Gasteiger partial charge < -0.3 is 4.74 Å².